The van der Waals surface area contributed by atoms with Crippen LogP contribution in [0.2, 0.25) is 5.02 Å². The molecule has 3 aromatic rings. The van der Waals surface area contributed by atoms with Gasteiger partial charge in [0.05, 0.1) is 17.0 Å². The summed E-state index contributed by atoms with van der Waals surface area (Å²) in [7, 11) is 0. The molecule has 0 saturated heterocycles. The molecule has 1 aromatic heterocycles. The third-order valence-electron chi connectivity index (χ3n) is 4.03. The zero-order chi connectivity index (χ0) is 18.3. The van der Waals surface area contributed by atoms with Crippen LogP contribution >= 0.6 is 27.5 Å². The number of aromatic hydroxyl groups is 1. The maximum Gasteiger partial charge on any atom is 0.307 e. The number of carboxylic acid groups (broad SMARTS) is 1. The van der Waals surface area contributed by atoms with Crippen LogP contribution in [0.4, 0.5) is 0 Å². The first-order valence-electron chi connectivity index (χ1n) is 7.34. The van der Waals surface area contributed by atoms with E-state index >= 15 is 0 Å². The second-order valence-electron chi connectivity index (χ2n) is 5.60. The molecular weight excluding hydrogens is 410 g/mol. The molecule has 0 fully saturated rings. The molecule has 0 saturated carbocycles. The van der Waals surface area contributed by atoms with Crippen LogP contribution in [0, 0.1) is 6.92 Å². The number of carbonyl (C=O) groups is 2. The topological polar surface area (TPSA) is 79.5 Å². The minimum absolute atomic E-state index is 0.0942. The van der Waals surface area contributed by atoms with Crippen LogP contribution in [0.5, 0.6) is 5.75 Å². The first-order valence-corrected chi connectivity index (χ1v) is 8.51. The second-order valence-corrected chi connectivity index (χ2v) is 6.93. The Morgan fingerprint density at radius 2 is 1.84 bits per heavy atom. The smallest absolute Gasteiger partial charge is 0.307 e. The zero-order valence-electron chi connectivity index (χ0n) is 13.1. The number of nitrogens with zero attached hydrogens (tertiary/aromatic N) is 1. The van der Waals surface area contributed by atoms with Crippen LogP contribution in [0.1, 0.15) is 21.6 Å². The minimum atomic E-state index is -1.02. The number of carbonyl (C=O) groups excluding carboxylic acids is 1. The van der Waals surface area contributed by atoms with Crippen molar-refractivity contribution in [1.29, 1.82) is 0 Å². The lowest BCUT2D eigenvalue weighted by molar-refractivity contribution is -0.136. The van der Waals surface area contributed by atoms with Crippen molar-refractivity contribution in [3.63, 3.8) is 0 Å². The number of phenols is 1. The average Bonchev–Trinajstić information content (AvgIpc) is 2.80. The van der Waals surface area contributed by atoms with Crippen LogP contribution in [0.25, 0.3) is 10.9 Å². The predicted octanol–water partition coefficient (Wildman–Crippen LogP) is 4.39. The zero-order valence-corrected chi connectivity index (χ0v) is 15.4. The molecule has 128 valence electrons. The van der Waals surface area contributed by atoms with Gasteiger partial charge in [-0.15, -0.1) is 0 Å². The summed E-state index contributed by atoms with van der Waals surface area (Å²) in [6.45, 7) is 1.68. The molecule has 3 rings (SSSR count). The van der Waals surface area contributed by atoms with E-state index in [1.165, 1.54) is 16.7 Å². The molecule has 0 unspecified atom stereocenters. The molecule has 25 heavy (non-hydrogen) atoms. The molecule has 0 aliphatic heterocycles. The molecule has 7 heteroatoms. The Hall–Kier alpha value is -2.31. The number of aliphatic carboxylic acids is 1. The lowest BCUT2D eigenvalue weighted by Gasteiger charge is -2.08. The van der Waals surface area contributed by atoms with Gasteiger partial charge in [-0.05, 0) is 48.9 Å². The van der Waals surface area contributed by atoms with Crippen LogP contribution < -0.4 is 0 Å². The van der Waals surface area contributed by atoms with E-state index in [1.54, 1.807) is 31.2 Å². The number of hydrogen-bond donors (Lipinski definition) is 2. The molecule has 0 spiro atoms. The number of carboxylic acids is 1. The van der Waals surface area contributed by atoms with Gasteiger partial charge in [0.2, 0.25) is 0 Å². The standard InChI is InChI=1S/C18H13BrClNO4/c1-9-12(7-17(23)24)13-6-16(22)14(20)8-15(13)21(9)18(25)10-2-4-11(19)5-3-10/h2-6,8,22H,7H2,1H3,(H,23,24). The molecule has 0 aliphatic rings. The summed E-state index contributed by atoms with van der Waals surface area (Å²) in [5.41, 5.74) is 1.89. The van der Waals surface area contributed by atoms with Crippen molar-refractivity contribution in [3.05, 3.63) is 62.7 Å². The highest BCUT2D eigenvalue weighted by molar-refractivity contribution is 9.10. The molecule has 0 atom stereocenters. The highest BCUT2D eigenvalue weighted by atomic mass is 79.9. The van der Waals surface area contributed by atoms with Crippen LogP contribution in [-0.4, -0.2) is 26.7 Å². The second kappa shape index (κ2) is 6.54. The molecule has 0 radical (unpaired) electrons. The van der Waals surface area contributed by atoms with Crippen molar-refractivity contribution in [2.75, 3.05) is 0 Å². The van der Waals surface area contributed by atoms with E-state index in [2.05, 4.69) is 15.9 Å². The summed E-state index contributed by atoms with van der Waals surface area (Å²) >= 11 is 9.33. The van der Waals surface area contributed by atoms with Crippen molar-refractivity contribution in [1.82, 2.24) is 4.57 Å². The highest BCUT2D eigenvalue weighted by Crippen LogP contribution is 2.35. The largest absolute Gasteiger partial charge is 0.506 e. The molecule has 0 bridgehead atoms. The van der Waals surface area contributed by atoms with Gasteiger partial charge in [0.1, 0.15) is 5.75 Å². The van der Waals surface area contributed by atoms with Gasteiger partial charge in [-0.3, -0.25) is 14.2 Å². The number of benzene rings is 2. The Morgan fingerprint density at radius 1 is 1.20 bits per heavy atom. The molecule has 2 N–H and O–H groups in total. The minimum Gasteiger partial charge on any atom is -0.506 e. The third kappa shape index (κ3) is 3.15. The SMILES string of the molecule is Cc1c(CC(=O)O)c2cc(O)c(Cl)cc2n1C(=O)c1ccc(Br)cc1. The fraction of sp³-hybridized carbons (Fsp3) is 0.111. The fourth-order valence-electron chi connectivity index (χ4n) is 2.85. The first kappa shape index (κ1) is 17.5. The highest BCUT2D eigenvalue weighted by Gasteiger charge is 2.22. The van der Waals surface area contributed by atoms with Gasteiger partial charge in [-0.2, -0.15) is 0 Å². The normalized spacial score (nSPS) is 11.0. The maximum atomic E-state index is 13.0. The van der Waals surface area contributed by atoms with Gasteiger partial charge in [0.25, 0.3) is 5.91 Å². The first-order chi connectivity index (χ1) is 11.8. The Morgan fingerprint density at radius 3 is 2.44 bits per heavy atom. The van der Waals surface area contributed by atoms with Crippen LogP contribution in [-0.2, 0) is 11.2 Å². The van der Waals surface area contributed by atoms with Gasteiger partial charge >= 0.3 is 5.97 Å². The van der Waals surface area contributed by atoms with Crippen molar-refractivity contribution < 1.29 is 19.8 Å². The monoisotopic (exact) mass is 421 g/mol. The van der Waals surface area contributed by atoms with E-state index in [0.29, 0.717) is 27.7 Å². The van der Waals surface area contributed by atoms with E-state index in [1.807, 2.05) is 0 Å². The van der Waals surface area contributed by atoms with E-state index in [4.69, 9.17) is 11.6 Å². The molecule has 0 amide bonds. The van der Waals surface area contributed by atoms with Crippen molar-refractivity contribution in [2.24, 2.45) is 0 Å². The summed E-state index contributed by atoms with van der Waals surface area (Å²) in [5.74, 6) is -1.48. The number of phenolic OH excluding ortho intramolecular Hbond substituents is 1. The van der Waals surface area contributed by atoms with E-state index in [9.17, 15) is 19.8 Å². The third-order valence-corrected chi connectivity index (χ3v) is 4.86. The number of aromatic nitrogens is 1. The predicted molar refractivity (Wildman–Crippen MR) is 98.6 cm³/mol. The van der Waals surface area contributed by atoms with E-state index < -0.39 is 5.97 Å². The summed E-state index contributed by atoms with van der Waals surface area (Å²) < 4.78 is 2.28. The molecule has 1 heterocycles. The maximum absolute atomic E-state index is 13.0. The molecule has 0 aliphatic carbocycles. The van der Waals surface area contributed by atoms with Gasteiger partial charge in [-0.25, -0.2) is 0 Å². The van der Waals surface area contributed by atoms with E-state index in [-0.39, 0.29) is 23.1 Å². The number of hydrogen-bond acceptors (Lipinski definition) is 3. The van der Waals surface area contributed by atoms with Gasteiger partial charge in [0.15, 0.2) is 0 Å². The molecule has 5 nitrogen and oxygen atoms in total. The van der Waals surface area contributed by atoms with Crippen LogP contribution in [0.15, 0.2) is 40.9 Å². The Kier molecular flexibility index (Phi) is 4.58. The summed E-state index contributed by atoms with van der Waals surface area (Å²) in [4.78, 5) is 24.2. The quantitative estimate of drug-likeness (QED) is 0.656. The lowest BCUT2D eigenvalue weighted by Crippen LogP contribution is -2.14. The number of halogens is 2. The molecular formula is C18H13BrClNO4. The van der Waals surface area contributed by atoms with Crippen molar-refractivity contribution >= 4 is 50.3 Å². The lowest BCUT2D eigenvalue weighted by atomic mass is 10.1. The number of rotatable bonds is 3. The Bertz CT molecular complexity index is 1010. The molecule has 2 aromatic carbocycles. The Labute approximate surface area is 156 Å². The fourth-order valence-corrected chi connectivity index (χ4v) is 3.27. The van der Waals surface area contributed by atoms with Crippen molar-refractivity contribution in [2.45, 2.75) is 13.3 Å². The van der Waals surface area contributed by atoms with Crippen molar-refractivity contribution in [3.8, 4) is 5.75 Å². The Balaban J connectivity index is 2.28. The summed E-state index contributed by atoms with van der Waals surface area (Å²) in [5, 5.41) is 19.7. The van der Waals surface area contributed by atoms with Gasteiger partial charge < -0.3 is 10.2 Å². The van der Waals surface area contributed by atoms with E-state index in [0.717, 1.165) is 4.47 Å². The number of fused-ring (bicyclic) bond motifs is 1. The van der Waals surface area contributed by atoms with Gasteiger partial charge in [0, 0.05) is 21.1 Å². The van der Waals surface area contributed by atoms with Crippen LogP contribution in [0.3, 0.4) is 0 Å². The average molecular weight is 423 g/mol. The summed E-state index contributed by atoms with van der Waals surface area (Å²) in [6, 6.07) is 9.74. The summed E-state index contributed by atoms with van der Waals surface area (Å²) in [6.07, 6.45) is -0.260. The van der Waals surface area contributed by atoms with Gasteiger partial charge in [-0.1, -0.05) is 27.5 Å².